The normalized spacial score (nSPS) is 32.4. The van der Waals surface area contributed by atoms with Crippen LogP contribution in [0.4, 0.5) is 0 Å². The fourth-order valence-corrected chi connectivity index (χ4v) is 1.57. The van der Waals surface area contributed by atoms with Crippen molar-refractivity contribution >= 4 is 5.91 Å². The Balaban J connectivity index is 1.54. The lowest BCUT2D eigenvalue weighted by molar-refractivity contribution is -0.120. The van der Waals surface area contributed by atoms with E-state index in [0.29, 0.717) is 24.7 Å². The van der Waals surface area contributed by atoms with Gasteiger partial charge in [-0.15, -0.1) is 0 Å². The van der Waals surface area contributed by atoms with E-state index in [1.807, 2.05) is 0 Å². The lowest BCUT2D eigenvalue weighted by atomic mass is 9.88. The molecular formula is C9H17N3O. The van der Waals surface area contributed by atoms with Gasteiger partial charge in [0, 0.05) is 18.1 Å². The first kappa shape index (κ1) is 8.97. The van der Waals surface area contributed by atoms with Gasteiger partial charge in [-0.05, 0) is 25.7 Å². The molecule has 4 nitrogen and oxygen atoms in total. The molecule has 0 bridgehead atoms. The molecule has 0 atom stereocenters. The molecule has 0 unspecified atom stereocenters. The van der Waals surface area contributed by atoms with Crippen LogP contribution in [0.1, 0.15) is 25.7 Å². The Hall–Kier alpha value is -0.610. The molecular weight excluding hydrogens is 166 g/mol. The van der Waals surface area contributed by atoms with Gasteiger partial charge in [0.05, 0.1) is 6.54 Å². The predicted octanol–water partition coefficient (Wildman–Crippen LogP) is -0.656. The minimum Gasteiger partial charge on any atom is -0.352 e. The Bertz CT molecular complexity index is 197. The first-order valence-electron chi connectivity index (χ1n) is 5.02. The molecule has 0 heterocycles. The van der Waals surface area contributed by atoms with Gasteiger partial charge in [0.25, 0.3) is 0 Å². The van der Waals surface area contributed by atoms with Crippen molar-refractivity contribution < 1.29 is 4.79 Å². The summed E-state index contributed by atoms with van der Waals surface area (Å²) in [6, 6.07) is 1.29. The lowest BCUT2D eigenvalue weighted by Gasteiger charge is -2.32. The molecule has 0 radical (unpaired) electrons. The van der Waals surface area contributed by atoms with E-state index in [9.17, 15) is 4.79 Å². The Morgan fingerprint density at radius 2 is 2.00 bits per heavy atom. The summed E-state index contributed by atoms with van der Waals surface area (Å²) in [5.74, 6) is 0.128. The Morgan fingerprint density at radius 1 is 1.31 bits per heavy atom. The molecule has 0 aromatic rings. The molecule has 2 fully saturated rings. The zero-order chi connectivity index (χ0) is 9.26. The van der Waals surface area contributed by atoms with Crippen LogP contribution in [0.25, 0.3) is 0 Å². The van der Waals surface area contributed by atoms with Crippen LogP contribution in [0, 0.1) is 0 Å². The quantitative estimate of drug-likeness (QED) is 0.542. The van der Waals surface area contributed by atoms with Gasteiger partial charge in [0.1, 0.15) is 0 Å². The van der Waals surface area contributed by atoms with E-state index >= 15 is 0 Å². The minimum atomic E-state index is 0.128. The molecule has 0 aliphatic heterocycles. The van der Waals surface area contributed by atoms with Crippen LogP contribution in [0.15, 0.2) is 0 Å². The number of nitrogens with two attached hydrogens (primary N) is 1. The van der Waals surface area contributed by atoms with Gasteiger partial charge in [0.2, 0.25) is 5.91 Å². The Morgan fingerprint density at radius 3 is 2.54 bits per heavy atom. The molecule has 4 N–H and O–H groups in total. The van der Waals surface area contributed by atoms with Crippen molar-refractivity contribution in [1.29, 1.82) is 0 Å². The van der Waals surface area contributed by atoms with Gasteiger partial charge < -0.3 is 16.4 Å². The molecule has 2 aliphatic carbocycles. The van der Waals surface area contributed by atoms with E-state index in [-0.39, 0.29) is 5.91 Å². The highest BCUT2D eigenvalue weighted by Crippen LogP contribution is 2.19. The average Bonchev–Trinajstić information content (AvgIpc) is 2.79. The third-order valence-electron chi connectivity index (χ3n) is 2.67. The van der Waals surface area contributed by atoms with E-state index in [4.69, 9.17) is 5.73 Å². The van der Waals surface area contributed by atoms with Crippen LogP contribution < -0.4 is 16.4 Å². The first-order chi connectivity index (χ1) is 6.24. The van der Waals surface area contributed by atoms with Gasteiger partial charge in [-0.25, -0.2) is 0 Å². The molecule has 0 spiro atoms. The van der Waals surface area contributed by atoms with Crippen molar-refractivity contribution in [3.63, 3.8) is 0 Å². The first-order valence-corrected chi connectivity index (χ1v) is 5.02. The van der Waals surface area contributed by atoms with E-state index in [2.05, 4.69) is 10.6 Å². The summed E-state index contributed by atoms with van der Waals surface area (Å²) in [6.45, 7) is 0.452. The van der Waals surface area contributed by atoms with Gasteiger partial charge >= 0.3 is 0 Å². The van der Waals surface area contributed by atoms with Gasteiger partial charge in [-0.1, -0.05) is 0 Å². The Labute approximate surface area is 78.2 Å². The smallest absolute Gasteiger partial charge is 0.234 e. The number of hydrogen-bond acceptors (Lipinski definition) is 3. The summed E-state index contributed by atoms with van der Waals surface area (Å²) in [4.78, 5) is 11.2. The standard InChI is InChI=1S/C9H17N3O/c10-6-3-8(4-6)11-5-9(13)12-7-1-2-7/h6-8,11H,1-5,10H2,(H,12,13). The lowest BCUT2D eigenvalue weighted by Crippen LogP contribution is -2.51. The third kappa shape index (κ3) is 2.67. The summed E-state index contributed by atoms with van der Waals surface area (Å²) < 4.78 is 0. The molecule has 74 valence electrons. The van der Waals surface area contributed by atoms with Gasteiger partial charge in [0.15, 0.2) is 0 Å². The summed E-state index contributed by atoms with van der Waals surface area (Å²) in [6.07, 6.45) is 4.33. The van der Waals surface area contributed by atoms with Crippen LogP contribution in [0.2, 0.25) is 0 Å². The highest BCUT2D eigenvalue weighted by Gasteiger charge is 2.27. The fourth-order valence-electron chi connectivity index (χ4n) is 1.57. The summed E-state index contributed by atoms with van der Waals surface area (Å²) >= 11 is 0. The molecule has 4 heteroatoms. The summed E-state index contributed by atoms with van der Waals surface area (Å²) in [7, 11) is 0. The van der Waals surface area contributed by atoms with E-state index in [1.165, 1.54) is 0 Å². The van der Waals surface area contributed by atoms with E-state index in [1.54, 1.807) is 0 Å². The second-order valence-electron chi connectivity index (χ2n) is 4.15. The largest absolute Gasteiger partial charge is 0.352 e. The van der Waals surface area contributed by atoms with Crippen molar-refractivity contribution in [1.82, 2.24) is 10.6 Å². The van der Waals surface area contributed by atoms with E-state index < -0.39 is 0 Å². The molecule has 2 aliphatic rings. The SMILES string of the molecule is NC1CC(NCC(=O)NC2CC2)C1. The monoisotopic (exact) mass is 183 g/mol. The minimum absolute atomic E-state index is 0.128. The number of rotatable bonds is 4. The molecule has 13 heavy (non-hydrogen) atoms. The average molecular weight is 183 g/mol. The second kappa shape index (κ2) is 3.64. The van der Waals surface area contributed by atoms with Gasteiger partial charge in [-0.2, -0.15) is 0 Å². The topological polar surface area (TPSA) is 67.1 Å². The maximum Gasteiger partial charge on any atom is 0.234 e. The molecule has 0 aromatic heterocycles. The van der Waals surface area contributed by atoms with Gasteiger partial charge in [-0.3, -0.25) is 4.79 Å². The molecule has 0 saturated heterocycles. The molecule has 1 amide bonds. The zero-order valence-electron chi connectivity index (χ0n) is 7.75. The van der Waals surface area contributed by atoms with Crippen LogP contribution in [0.3, 0.4) is 0 Å². The number of carbonyl (C=O) groups excluding carboxylic acids is 1. The number of amides is 1. The fraction of sp³-hybridized carbons (Fsp3) is 0.889. The molecule has 0 aromatic carbocycles. The highest BCUT2D eigenvalue weighted by atomic mass is 16.2. The van der Waals surface area contributed by atoms with Crippen molar-refractivity contribution in [2.24, 2.45) is 5.73 Å². The maximum absolute atomic E-state index is 11.2. The Kier molecular flexibility index (Phi) is 2.51. The highest BCUT2D eigenvalue weighted by molar-refractivity contribution is 5.78. The zero-order valence-corrected chi connectivity index (χ0v) is 7.75. The van der Waals surface area contributed by atoms with Crippen LogP contribution in [-0.4, -0.2) is 30.6 Å². The van der Waals surface area contributed by atoms with Crippen LogP contribution in [-0.2, 0) is 4.79 Å². The summed E-state index contributed by atoms with van der Waals surface area (Å²) in [5, 5.41) is 6.13. The molecule has 2 saturated carbocycles. The number of carbonyl (C=O) groups is 1. The predicted molar refractivity (Wildman–Crippen MR) is 50.2 cm³/mol. The van der Waals surface area contributed by atoms with Crippen molar-refractivity contribution in [3.8, 4) is 0 Å². The van der Waals surface area contributed by atoms with E-state index in [0.717, 1.165) is 25.7 Å². The maximum atomic E-state index is 11.2. The van der Waals surface area contributed by atoms with Crippen LogP contribution in [0.5, 0.6) is 0 Å². The van der Waals surface area contributed by atoms with Crippen molar-refractivity contribution in [2.75, 3.05) is 6.54 Å². The van der Waals surface area contributed by atoms with Crippen LogP contribution >= 0.6 is 0 Å². The van der Waals surface area contributed by atoms with Crippen molar-refractivity contribution in [2.45, 2.75) is 43.8 Å². The number of hydrogen-bond donors (Lipinski definition) is 3. The third-order valence-corrected chi connectivity index (χ3v) is 2.67. The summed E-state index contributed by atoms with van der Waals surface area (Å²) in [5.41, 5.74) is 5.63. The van der Waals surface area contributed by atoms with Crippen molar-refractivity contribution in [3.05, 3.63) is 0 Å². The number of nitrogens with one attached hydrogen (secondary N) is 2. The molecule has 2 rings (SSSR count). The second-order valence-corrected chi connectivity index (χ2v) is 4.15.